The van der Waals surface area contributed by atoms with Crippen LogP contribution in [0.2, 0.25) is 0 Å². The number of hydrogen-bond acceptors (Lipinski definition) is 6. The van der Waals surface area contributed by atoms with E-state index in [4.69, 9.17) is 4.99 Å². The molecular weight excluding hydrogens is 454 g/mol. The van der Waals surface area contributed by atoms with Gasteiger partial charge in [0.25, 0.3) is 11.2 Å². The molecule has 0 N–H and O–H groups in total. The van der Waals surface area contributed by atoms with Crippen LogP contribution in [0.15, 0.2) is 81.4 Å². The number of nitrogens with zero attached hydrogens (tertiary/aromatic N) is 3. The minimum Gasteiger partial charge on any atom is -0.271 e. The van der Waals surface area contributed by atoms with Crippen LogP contribution in [-0.2, 0) is 6.42 Å². The van der Waals surface area contributed by atoms with Crippen LogP contribution in [0.25, 0.3) is 11.8 Å². The zero-order valence-corrected chi connectivity index (χ0v) is 18.9. The van der Waals surface area contributed by atoms with Gasteiger partial charge < -0.3 is 0 Å². The fourth-order valence-electron chi connectivity index (χ4n) is 4.60. The van der Waals surface area contributed by atoms with Crippen LogP contribution in [0.3, 0.4) is 0 Å². The first-order valence-corrected chi connectivity index (χ1v) is 12.2. The van der Waals surface area contributed by atoms with Gasteiger partial charge in [0.2, 0.25) is 0 Å². The van der Waals surface area contributed by atoms with Gasteiger partial charge >= 0.3 is 0 Å². The first-order chi connectivity index (χ1) is 16.1. The van der Waals surface area contributed by atoms with Crippen molar-refractivity contribution in [3.8, 4) is 0 Å². The Labute approximate surface area is 196 Å². The van der Waals surface area contributed by atoms with E-state index in [-0.39, 0.29) is 17.3 Å². The Morgan fingerprint density at radius 1 is 1.09 bits per heavy atom. The standard InChI is InChI=1S/C25H17N3O3S2/c29-24-21(14-15-5-3-7-17(13-15)28(30)31)33-25-26-22-18-8-2-1-6-16(18)10-11-19(22)23(27(24)25)20-9-4-12-32-20/h1-9,12-14,23H,10-11H2. The fraction of sp³-hybridized carbons (Fsp3) is 0.120. The summed E-state index contributed by atoms with van der Waals surface area (Å²) in [6, 6.07) is 18.6. The minimum absolute atomic E-state index is 0.0000545. The maximum atomic E-state index is 13.6. The van der Waals surface area contributed by atoms with Crippen molar-refractivity contribution < 1.29 is 4.92 Å². The summed E-state index contributed by atoms with van der Waals surface area (Å²) >= 11 is 2.97. The molecule has 2 aliphatic rings. The van der Waals surface area contributed by atoms with Crippen molar-refractivity contribution in [2.24, 2.45) is 4.99 Å². The highest BCUT2D eigenvalue weighted by Crippen LogP contribution is 2.42. The number of allylic oxidation sites excluding steroid dienone is 1. The van der Waals surface area contributed by atoms with Crippen molar-refractivity contribution in [1.29, 1.82) is 0 Å². The number of aryl methyl sites for hydroxylation is 1. The molecule has 0 bridgehead atoms. The molecule has 2 aromatic heterocycles. The lowest BCUT2D eigenvalue weighted by atomic mass is 9.85. The number of nitro benzene ring substituents is 1. The number of nitro groups is 1. The molecule has 6 nitrogen and oxygen atoms in total. The third-order valence-corrected chi connectivity index (χ3v) is 7.97. The van der Waals surface area contributed by atoms with Gasteiger partial charge in [-0.15, -0.1) is 11.3 Å². The number of fused-ring (bicyclic) bond motifs is 3. The third-order valence-electron chi connectivity index (χ3n) is 6.06. The number of hydrogen-bond donors (Lipinski definition) is 0. The predicted molar refractivity (Wildman–Crippen MR) is 130 cm³/mol. The van der Waals surface area contributed by atoms with Crippen LogP contribution in [0, 0.1) is 10.1 Å². The van der Waals surface area contributed by atoms with Gasteiger partial charge in [0.1, 0.15) is 0 Å². The highest BCUT2D eigenvalue weighted by molar-refractivity contribution is 7.10. The van der Waals surface area contributed by atoms with Crippen LogP contribution in [0.5, 0.6) is 0 Å². The van der Waals surface area contributed by atoms with Crippen molar-refractivity contribution in [2.45, 2.75) is 18.9 Å². The van der Waals surface area contributed by atoms with Gasteiger partial charge in [-0.1, -0.05) is 53.8 Å². The van der Waals surface area contributed by atoms with Gasteiger partial charge in [-0.3, -0.25) is 19.5 Å². The SMILES string of the molecule is O=c1c(=Cc2cccc([N+](=O)[O-])c2)sc2n1C(c1cccs1)C1=C(N=2)c2ccccc2CC1. The lowest BCUT2D eigenvalue weighted by Gasteiger charge is -2.30. The first kappa shape index (κ1) is 20.0. The summed E-state index contributed by atoms with van der Waals surface area (Å²) in [7, 11) is 0. The Hall–Kier alpha value is -3.62. The Morgan fingerprint density at radius 2 is 1.97 bits per heavy atom. The largest absolute Gasteiger partial charge is 0.271 e. The molecule has 8 heteroatoms. The monoisotopic (exact) mass is 471 g/mol. The molecule has 0 saturated heterocycles. The van der Waals surface area contributed by atoms with Crippen molar-refractivity contribution in [2.75, 3.05) is 0 Å². The maximum Gasteiger partial charge on any atom is 0.271 e. The highest BCUT2D eigenvalue weighted by atomic mass is 32.1. The predicted octanol–water partition coefficient (Wildman–Crippen LogP) is 4.29. The zero-order chi connectivity index (χ0) is 22.5. The molecule has 1 aliphatic heterocycles. The molecule has 3 heterocycles. The smallest absolute Gasteiger partial charge is 0.271 e. The van der Waals surface area contributed by atoms with Crippen molar-refractivity contribution >= 4 is 40.1 Å². The second-order valence-corrected chi connectivity index (χ2v) is 9.97. The van der Waals surface area contributed by atoms with E-state index in [1.54, 1.807) is 34.1 Å². The molecule has 33 heavy (non-hydrogen) atoms. The van der Waals surface area contributed by atoms with Gasteiger partial charge in [-0.25, -0.2) is 4.99 Å². The van der Waals surface area contributed by atoms with E-state index in [0.29, 0.717) is 14.9 Å². The molecule has 1 unspecified atom stereocenters. The number of thiazole rings is 1. The van der Waals surface area contributed by atoms with Gasteiger partial charge in [-0.2, -0.15) is 0 Å². The molecular formula is C25H17N3O3S2. The molecule has 162 valence electrons. The minimum atomic E-state index is -0.429. The molecule has 0 spiro atoms. The van der Waals surface area contributed by atoms with Gasteiger partial charge in [0.15, 0.2) is 4.80 Å². The van der Waals surface area contributed by atoms with E-state index < -0.39 is 4.92 Å². The lowest BCUT2D eigenvalue weighted by molar-refractivity contribution is -0.384. The van der Waals surface area contributed by atoms with Gasteiger partial charge in [-0.05, 0) is 47.1 Å². The average Bonchev–Trinajstić information content (AvgIpc) is 3.46. The molecule has 1 atom stereocenters. The molecule has 6 rings (SSSR count). The number of rotatable bonds is 3. The molecule has 0 amide bonds. The second kappa shape index (κ2) is 7.75. The third kappa shape index (κ3) is 3.30. The highest BCUT2D eigenvalue weighted by Gasteiger charge is 2.32. The summed E-state index contributed by atoms with van der Waals surface area (Å²) in [6.07, 6.45) is 3.50. The first-order valence-electron chi connectivity index (χ1n) is 10.5. The molecule has 0 radical (unpaired) electrons. The van der Waals surface area contributed by atoms with Crippen molar-refractivity contribution in [3.05, 3.63) is 123 Å². The summed E-state index contributed by atoms with van der Waals surface area (Å²) in [6.45, 7) is 0. The molecule has 2 aromatic carbocycles. The second-order valence-electron chi connectivity index (χ2n) is 7.98. The van der Waals surface area contributed by atoms with E-state index in [0.717, 1.165) is 29.0 Å². The number of benzene rings is 2. The van der Waals surface area contributed by atoms with Crippen LogP contribution in [0.4, 0.5) is 5.69 Å². The van der Waals surface area contributed by atoms with Gasteiger partial charge in [0.05, 0.1) is 21.2 Å². The van der Waals surface area contributed by atoms with E-state index in [2.05, 4.69) is 24.3 Å². The van der Waals surface area contributed by atoms with Crippen LogP contribution < -0.4 is 14.9 Å². The normalized spacial score (nSPS) is 17.2. The summed E-state index contributed by atoms with van der Waals surface area (Å²) in [4.78, 5) is 31.1. The molecule has 1 aliphatic carbocycles. The lowest BCUT2D eigenvalue weighted by Crippen LogP contribution is -2.38. The summed E-state index contributed by atoms with van der Waals surface area (Å²) in [5.41, 5.74) is 5.06. The Morgan fingerprint density at radius 3 is 2.79 bits per heavy atom. The van der Waals surface area contributed by atoms with Crippen molar-refractivity contribution in [1.82, 2.24) is 4.57 Å². The molecule has 0 saturated carbocycles. The molecule has 4 aromatic rings. The number of thiophene rings is 1. The Kier molecular flexibility index (Phi) is 4.70. The Balaban J connectivity index is 1.60. The fourth-order valence-corrected chi connectivity index (χ4v) is 6.45. The van der Waals surface area contributed by atoms with Crippen LogP contribution >= 0.6 is 22.7 Å². The van der Waals surface area contributed by atoms with Gasteiger partial charge in [0, 0.05) is 22.6 Å². The number of non-ortho nitro benzene ring substituents is 1. The van der Waals surface area contributed by atoms with E-state index in [1.165, 1.54) is 34.6 Å². The maximum absolute atomic E-state index is 13.6. The van der Waals surface area contributed by atoms with Crippen molar-refractivity contribution in [3.63, 3.8) is 0 Å². The quantitative estimate of drug-likeness (QED) is 0.330. The summed E-state index contributed by atoms with van der Waals surface area (Å²) < 4.78 is 2.32. The number of aromatic nitrogens is 1. The Bertz CT molecular complexity index is 1630. The zero-order valence-electron chi connectivity index (χ0n) is 17.3. The summed E-state index contributed by atoms with van der Waals surface area (Å²) in [5.74, 6) is 0. The van der Waals surface area contributed by atoms with E-state index >= 15 is 0 Å². The van der Waals surface area contributed by atoms with Crippen LogP contribution in [-0.4, -0.2) is 9.49 Å². The van der Waals surface area contributed by atoms with E-state index in [9.17, 15) is 14.9 Å². The van der Waals surface area contributed by atoms with E-state index in [1.807, 2.05) is 17.5 Å². The summed E-state index contributed by atoms with van der Waals surface area (Å²) in [5, 5.41) is 13.2. The average molecular weight is 472 g/mol. The molecule has 0 fully saturated rings. The topological polar surface area (TPSA) is 77.5 Å². The van der Waals surface area contributed by atoms with Crippen LogP contribution in [0.1, 0.15) is 34.0 Å².